The lowest BCUT2D eigenvalue weighted by Gasteiger charge is -2.26. The van der Waals surface area contributed by atoms with Crippen LogP contribution in [0.1, 0.15) is 5.56 Å². The van der Waals surface area contributed by atoms with E-state index in [1.807, 2.05) is 0 Å². The third-order valence-electron chi connectivity index (χ3n) is 3.87. The third kappa shape index (κ3) is 2.60. The van der Waals surface area contributed by atoms with Crippen molar-refractivity contribution in [2.45, 2.75) is 6.92 Å². The Morgan fingerprint density at radius 2 is 0.952 bits per heavy atom. The zero-order chi connectivity index (χ0) is 14.7. The Hall–Kier alpha value is -2.04. The van der Waals surface area contributed by atoms with Crippen molar-refractivity contribution < 1.29 is 0 Å². The van der Waals surface area contributed by atoms with E-state index < -0.39 is 6.89 Å². The molecule has 0 nitrogen and oxygen atoms in total. The minimum atomic E-state index is -1.80. The largest absolute Gasteiger partial charge is 0.0887 e. The van der Waals surface area contributed by atoms with Crippen LogP contribution >= 0.6 is 6.89 Å². The van der Waals surface area contributed by atoms with Gasteiger partial charge in [-0.3, -0.25) is 0 Å². The lowest BCUT2D eigenvalue weighted by atomic mass is 10.2. The standard InChI is InChI=1S/C20H19P/c1-17-13-15-20(16-14-17)21(2,18-9-5-3-6-10-18)19-11-7-4-8-12-19/h3-16H,2H2,1H3. The van der Waals surface area contributed by atoms with Gasteiger partial charge in [-0.15, -0.1) is 0 Å². The zero-order valence-corrected chi connectivity index (χ0v) is 13.1. The Labute approximate surface area is 127 Å². The van der Waals surface area contributed by atoms with Gasteiger partial charge in [0.15, 0.2) is 0 Å². The molecular weight excluding hydrogens is 271 g/mol. The van der Waals surface area contributed by atoms with Crippen molar-refractivity contribution in [3.8, 4) is 0 Å². The highest BCUT2D eigenvalue weighted by molar-refractivity contribution is 7.93. The molecule has 0 saturated heterocycles. The van der Waals surface area contributed by atoms with Crippen LogP contribution in [-0.2, 0) is 0 Å². The summed E-state index contributed by atoms with van der Waals surface area (Å²) in [5.74, 6) is 0. The molecule has 0 unspecified atom stereocenters. The SMILES string of the molecule is C=P(c1ccccc1)(c1ccccc1)c1ccc(C)cc1. The molecule has 0 heterocycles. The highest BCUT2D eigenvalue weighted by atomic mass is 31.2. The van der Waals surface area contributed by atoms with Crippen LogP contribution in [0.4, 0.5) is 0 Å². The van der Waals surface area contributed by atoms with E-state index in [1.54, 1.807) is 0 Å². The Kier molecular flexibility index (Phi) is 3.82. The van der Waals surface area contributed by atoms with Crippen LogP contribution in [0.3, 0.4) is 0 Å². The maximum atomic E-state index is 4.72. The number of hydrogen-bond acceptors (Lipinski definition) is 0. The second-order valence-electron chi connectivity index (χ2n) is 5.32. The Morgan fingerprint density at radius 1 is 0.571 bits per heavy atom. The summed E-state index contributed by atoms with van der Waals surface area (Å²) in [6.07, 6.45) is 4.72. The van der Waals surface area contributed by atoms with Gasteiger partial charge in [0.2, 0.25) is 0 Å². The third-order valence-corrected chi connectivity index (χ3v) is 7.41. The number of rotatable bonds is 3. The molecule has 3 rings (SSSR count). The molecule has 0 N–H and O–H groups in total. The molecular formula is C20H19P. The van der Waals surface area contributed by atoms with Gasteiger partial charge >= 0.3 is 0 Å². The molecule has 0 fully saturated rings. The van der Waals surface area contributed by atoms with Gasteiger partial charge in [-0.2, -0.15) is 0 Å². The smallest absolute Gasteiger partial charge is 0.0165 e. The van der Waals surface area contributed by atoms with E-state index in [0.717, 1.165) is 0 Å². The predicted molar refractivity (Wildman–Crippen MR) is 97.0 cm³/mol. The molecule has 0 aliphatic heterocycles. The average molecular weight is 290 g/mol. The number of benzene rings is 3. The van der Waals surface area contributed by atoms with Crippen LogP contribution in [0.2, 0.25) is 0 Å². The maximum Gasteiger partial charge on any atom is -0.0165 e. The van der Waals surface area contributed by atoms with Crippen LogP contribution in [0.5, 0.6) is 0 Å². The van der Waals surface area contributed by atoms with Crippen LogP contribution in [0, 0.1) is 6.92 Å². The van der Waals surface area contributed by atoms with Gasteiger partial charge < -0.3 is 0 Å². The van der Waals surface area contributed by atoms with Crippen LogP contribution < -0.4 is 15.9 Å². The van der Waals surface area contributed by atoms with E-state index in [2.05, 4.69) is 91.9 Å². The summed E-state index contributed by atoms with van der Waals surface area (Å²) < 4.78 is 0. The van der Waals surface area contributed by atoms with Gasteiger partial charge in [-0.1, -0.05) is 96.8 Å². The van der Waals surface area contributed by atoms with Crippen LogP contribution in [-0.4, -0.2) is 6.30 Å². The van der Waals surface area contributed by atoms with Crippen molar-refractivity contribution in [1.29, 1.82) is 0 Å². The Balaban J connectivity index is 2.26. The molecule has 0 radical (unpaired) electrons. The first-order chi connectivity index (χ1) is 10.2. The van der Waals surface area contributed by atoms with Gasteiger partial charge in [0.05, 0.1) is 0 Å². The maximum absolute atomic E-state index is 4.72. The first kappa shape index (κ1) is 13.9. The predicted octanol–water partition coefficient (Wildman–Crippen LogP) is 3.72. The molecule has 0 bridgehead atoms. The average Bonchev–Trinajstić information content (AvgIpc) is 2.56. The fourth-order valence-corrected chi connectivity index (χ4v) is 5.53. The van der Waals surface area contributed by atoms with Crippen molar-refractivity contribution in [3.63, 3.8) is 0 Å². The highest BCUT2D eigenvalue weighted by Gasteiger charge is 2.21. The second-order valence-corrected chi connectivity index (χ2v) is 8.49. The van der Waals surface area contributed by atoms with E-state index >= 15 is 0 Å². The molecule has 1 heteroatoms. The molecule has 3 aromatic carbocycles. The van der Waals surface area contributed by atoms with Crippen molar-refractivity contribution in [1.82, 2.24) is 0 Å². The van der Waals surface area contributed by atoms with Crippen molar-refractivity contribution in [2.75, 3.05) is 0 Å². The van der Waals surface area contributed by atoms with E-state index in [0.29, 0.717) is 0 Å². The van der Waals surface area contributed by atoms with Crippen molar-refractivity contribution in [3.05, 3.63) is 90.5 Å². The fraction of sp³-hybridized carbons (Fsp3) is 0.0500. The number of hydrogen-bond donors (Lipinski definition) is 0. The molecule has 0 aliphatic rings. The van der Waals surface area contributed by atoms with E-state index in [1.165, 1.54) is 21.5 Å². The molecule has 0 saturated carbocycles. The highest BCUT2D eigenvalue weighted by Crippen LogP contribution is 2.41. The summed E-state index contributed by atoms with van der Waals surface area (Å²) in [4.78, 5) is 0. The Morgan fingerprint density at radius 3 is 1.38 bits per heavy atom. The molecule has 0 amide bonds. The normalized spacial score (nSPS) is 11.3. The van der Waals surface area contributed by atoms with Gasteiger partial charge in [-0.25, -0.2) is 0 Å². The minimum Gasteiger partial charge on any atom is -0.0887 e. The second kappa shape index (κ2) is 5.76. The Bertz CT molecular complexity index is 712. The summed E-state index contributed by atoms with van der Waals surface area (Å²) in [5.41, 5.74) is 1.28. The molecule has 0 atom stereocenters. The van der Waals surface area contributed by atoms with Gasteiger partial charge in [-0.05, 0) is 29.7 Å². The van der Waals surface area contributed by atoms with E-state index in [4.69, 9.17) is 6.30 Å². The first-order valence-corrected chi connectivity index (χ1v) is 9.10. The summed E-state index contributed by atoms with van der Waals surface area (Å²) in [5, 5.41) is 3.96. The van der Waals surface area contributed by atoms with Gasteiger partial charge in [0.1, 0.15) is 0 Å². The first-order valence-electron chi connectivity index (χ1n) is 7.13. The molecule has 0 aliphatic carbocycles. The summed E-state index contributed by atoms with van der Waals surface area (Å²) >= 11 is 0. The molecule has 104 valence electrons. The van der Waals surface area contributed by atoms with Gasteiger partial charge in [0, 0.05) is 0 Å². The lowest BCUT2D eigenvalue weighted by Crippen LogP contribution is -2.25. The quantitative estimate of drug-likeness (QED) is 0.645. The van der Waals surface area contributed by atoms with Crippen LogP contribution in [0.25, 0.3) is 0 Å². The summed E-state index contributed by atoms with van der Waals surface area (Å²) in [6, 6.07) is 30.2. The minimum absolute atomic E-state index is 1.28. The molecule has 3 aromatic rings. The number of aryl methyl sites for hydroxylation is 1. The topological polar surface area (TPSA) is 0 Å². The van der Waals surface area contributed by atoms with Crippen LogP contribution in [0.15, 0.2) is 84.9 Å². The molecule has 0 spiro atoms. The lowest BCUT2D eigenvalue weighted by molar-refractivity contribution is 1.49. The fourth-order valence-electron chi connectivity index (χ4n) is 2.61. The zero-order valence-electron chi connectivity index (χ0n) is 12.2. The van der Waals surface area contributed by atoms with E-state index in [-0.39, 0.29) is 0 Å². The van der Waals surface area contributed by atoms with Crippen molar-refractivity contribution in [2.24, 2.45) is 0 Å². The summed E-state index contributed by atoms with van der Waals surface area (Å²) in [6.45, 7) is 0.327. The monoisotopic (exact) mass is 290 g/mol. The summed E-state index contributed by atoms with van der Waals surface area (Å²) in [7, 11) is 0. The molecule has 0 aromatic heterocycles. The van der Waals surface area contributed by atoms with Gasteiger partial charge in [0.25, 0.3) is 0 Å². The van der Waals surface area contributed by atoms with E-state index in [9.17, 15) is 0 Å². The molecule has 21 heavy (non-hydrogen) atoms. The van der Waals surface area contributed by atoms with Crippen molar-refractivity contribution >= 4 is 29.1 Å².